The number of nitro groups is 2. The van der Waals surface area contributed by atoms with Crippen molar-refractivity contribution in [3.05, 3.63) is 128 Å². The largest absolute Gasteiger partial charge is 0.293 e. The molecule has 2 amide bonds. The quantitative estimate of drug-likeness (QED) is 0.269. The van der Waals surface area contributed by atoms with Crippen molar-refractivity contribution < 1.29 is 19.4 Å². The van der Waals surface area contributed by atoms with Crippen LogP contribution in [0.2, 0.25) is 0 Å². The number of carbonyl (C=O) groups excluding carboxylic acids is 2. The number of rotatable bonds is 4. The van der Waals surface area contributed by atoms with Gasteiger partial charge in [0.25, 0.3) is 23.2 Å². The maximum absolute atomic E-state index is 14.1. The van der Waals surface area contributed by atoms with E-state index in [1.165, 1.54) is 60.7 Å². The van der Waals surface area contributed by atoms with E-state index in [0.29, 0.717) is 0 Å². The first-order chi connectivity index (χ1) is 17.4. The predicted molar refractivity (Wildman–Crippen MR) is 132 cm³/mol. The highest BCUT2D eigenvalue weighted by atomic mass is 16.6. The van der Waals surface area contributed by atoms with E-state index in [1.54, 1.807) is 36.4 Å². The third-order valence-electron chi connectivity index (χ3n) is 5.80. The molecule has 0 saturated carbocycles. The molecule has 0 aliphatic carbocycles. The average Bonchev–Trinajstić information content (AvgIpc) is 2.89. The van der Waals surface area contributed by atoms with E-state index in [2.05, 4.69) is 0 Å². The number of carbonyl (C=O) groups is 2. The molecule has 1 heterocycles. The summed E-state index contributed by atoms with van der Waals surface area (Å²) in [5.41, 5.74) is -0.361. The van der Waals surface area contributed by atoms with Gasteiger partial charge >= 0.3 is 0 Å². The molecule has 1 aliphatic heterocycles. The summed E-state index contributed by atoms with van der Waals surface area (Å²) in [5, 5.41) is 23.6. The number of para-hydroxylation sites is 6. The number of fused-ring (bicyclic) bond motifs is 2. The summed E-state index contributed by atoms with van der Waals surface area (Å²) in [6, 6.07) is 23.8. The first-order valence-electron chi connectivity index (χ1n) is 10.7. The van der Waals surface area contributed by atoms with Crippen molar-refractivity contribution >= 4 is 45.9 Å². The SMILES string of the molecule is O=C1c2ccccc2N(c2ccccc2[N+](=O)[O-])C(=O)c2ccccc2N1c1ccccc1[N+](=O)[O-]. The molecular formula is C26H16N4O6. The maximum Gasteiger partial charge on any atom is 0.293 e. The van der Waals surface area contributed by atoms with E-state index < -0.39 is 21.7 Å². The van der Waals surface area contributed by atoms with Crippen LogP contribution >= 0.6 is 0 Å². The number of hydrogen-bond donors (Lipinski definition) is 0. The summed E-state index contributed by atoms with van der Waals surface area (Å²) in [7, 11) is 0. The van der Waals surface area contributed by atoms with Gasteiger partial charge in [0.05, 0.1) is 32.3 Å². The lowest BCUT2D eigenvalue weighted by atomic mass is 10.0. The van der Waals surface area contributed by atoms with Gasteiger partial charge in [-0.05, 0) is 36.4 Å². The van der Waals surface area contributed by atoms with Crippen LogP contribution < -0.4 is 9.80 Å². The summed E-state index contributed by atoms with van der Waals surface area (Å²) >= 11 is 0. The van der Waals surface area contributed by atoms with Gasteiger partial charge in [-0.15, -0.1) is 0 Å². The van der Waals surface area contributed by atoms with Crippen molar-refractivity contribution in [1.29, 1.82) is 0 Å². The van der Waals surface area contributed by atoms with Crippen molar-refractivity contribution in [2.24, 2.45) is 0 Å². The zero-order chi connectivity index (χ0) is 25.4. The highest BCUT2D eigenvalue weighted by Gasteiger charge is 2.38. The molecule has 0 atom stereocenters. The van der Waals surface area contributed by atoms with Crippen molar-refractivity contribution in [2.75, 3.05) is 9.80 Å². The topological polar surface area (TPSA) is 127 Å². The minimum Gasteiger partial charge on any atom is -0.269 e. The Kier molecular flexibility index (Phi) is 5.46. The van der Waals surface area contributed by atoms with Gasteiger partial charge in [-0.3, -0.25) is 39.6 Å². The Hall–Kier alpha value is -5.38. The Morgan fingerprint density at radius 1 is 0.472 bits per heavy atom. The van der Waals surface area contributed by atoms with E-state index in [9.17, 15) is 29.8 Å². The molecule has 4 aromatic rings. The number of benzene rings is 4. The van der Waals surface area contributed by atoms with E-state index in [1.807, 2.05) is 0 Å². The van der Waals surface area contributed by atoms with Gasteiger partial charge < -0.3 is 0 Å². The second kappa shape index (κ2) is 8.76. The number of amides is 2. The van der Waals surface area contributed by atoms with Crippen LogP contribution in [0.3, 0.4) is 0 Å². The minimum atomic E-state index is -0.636. The van der Waals surface area contributed by atoms with Gasteiger partial charge in [0.1, 0.15) is 11.4 Å². The average molecular weight is 480 g/mol. The second-order valence-corrected chi connectivity index (χ2v) is 7.81. The molecule has 0 radical (unpaired) electrons. The van der Waals surface area contributed by atoms with Crippen LogP contribution in [0.4, 0.5) is 34.1 Å². The maximum atomic E-state index is 14.1. The van der Waals surface area contributed by atoms with Crippen LogP contribution in [0.5, 0.6) is 0 Å². The monoisotopic (exact) mass is 480 g/mol. The minimum absolute atomic E-state index is 0.0123. The Morgan fingerprint density at radius 3 is 1.14 bits per heavy atom. The molecule has 0 unspecified atom stereocenters. The number of anilines is 4. The van der Waals surface area contributed by atoms with Crippen molar-refractivity contribution in [3.63, 3.8) is 0 Å². The molecule has 0 bridgehead atoms. The van der Waals surface area contributed by atoms with E-state index in [4.69, 9.17) is 0 Å². The highest BCUT2D eigenvalue weighted by molar-refractivity contribution is 6.25. The number of nitrogens with zero attached hydrogens (tertiary/aromatic N) is 4. The normalized spacial score (nSPS) is 12.9. The molecule has 0 fully saturated rings. The van der Waals surface area contributed by atoms with Gasteiger partial charge in [-0.1, -0.05) is 48.5 Å². The molecule has 176 valence electrons. The van der Waals surface area contributed by atoms with Crippen LogP contribution in [-0.4, -0.2) is 21.7 Å². The number of nitro benzene ring substituents is 2. The second-order valence-electron chi connectivity index (χ2n) is 7.81. The Morgan fingerprint density at radius 2 is 0.778 bits per heavy atom. The zero-order valence-corrected chi connectivity index (χ0v) is 18.5. The van der Waals surface area contributed by atoms with Crippen LogP contribution in [0.25, 0.3) is 0 Å². The Balaban J connectivity index is 1.85. The summed E-state index contributed by atoms with van der Waals surface area (Å²) in [6.07, 6.45) is 0. The molecule has 5 rings (SSSR count). The van der Waals surface area contributed by atoms with Crippen LogP contribution in [0.1, 0.15) is 20.7 Å². The Bertz CT molecular complexity index is 1450. The standard InChI is InChI=1S/C26H16N4O6/c31-25-17-9-1-3-11-19(17)27(21-13-5-7-15-23(21)29(33)34)26(32)18-10-2-4-12-20(18)28(25)22-14-6-8-16-24(22)30(35)36/h1-16H. The summed E-state index contributed by atoms with van der Waals surface area (Å²) in [6.45, 7) is 0. The lowest BCUT2D eigenvalue weighted by molar-refractivity contribution is -0.384. The van der Waals surface area contributed by atoms with Gasteiger partial charge in [0.2, 0.25) is 0 Å². The zero-order valence-electron chi connectivity index (χ0n) is 18.5. The van der Waals surface area contributed by atoms with E-state index in [-0.39, 0.29) is 45.3 Å². The Labute approximate surface area is 203 Å². The van der Waals surface area contributed by atoms with Gasteiger partial charge in [0, 0.05) is 12.1 Å². The molecule has 10 heteroatoms. The summed E-state index contributed by atoms with van der Waals surface area (Å²) < 4.78 is 0. The summed E-state index contributed by atoms with van der Waals surface area (Å²) in [5.74, 6) is -1.27. The smallest absolute Gasteiger partial charge is 0.269 e. The fourth-order valence-electron chi connectivity index (χ4n) is 4.25. The van der Waals surface area contributed by atoms with Crippen LogP contribution in [-0.2, 0) is 0 Å². The van der Waals surface area contributed by atoms with Crippen LogP contribution in [0.15, 0.2) is 97.1 Å². The van der Waals surface area contributed by atoms with Gasteiger partial charge in [-0.25, -0.2) is 0 Å². The molecule has 4 aromatic carbocycles. The first kappa shape index (κ1) is 22.4. The fraction of sp³-hybridized carbons (Fsp3) is 0. The molecule has 0 N–H and O–H groups in total. The highest BCUT2D eigenvalue weighted by Crippen LogP contribution is 2.43. The molecule has 1 aliphatic rings. The lowest BCUT2D eigenvalue weighted by Gasteiger charge is -2.32. The van der Waals surface area contributed by atoms with Crippen LogP contribution in [0, 0.1) is 20.2 Å². The van der Waals surface area contributed by atoms with Gasteiger partial charge in [-0.2, -0.15) is 0 Å². The van der Waals surface area contributed by atoms with E-state index >= 15 is 0 Å². The van der Waals surface area contributed by atoms with Crippen molar-refractivity contribution in [2.45, 2.75) is 0 Å². The third-order valence-corrected chi connectivity index (χ3v) is 5.80. The number of hydrogen-bond acceptors (Lipinski definition) is 6. The molecule has 0 saturated heterocycles. The summed E-state index contributed by atoms with van der Waals surface area (Å²) in [4.78, 5) is 52.8. The van der Waals surface area contributed by atoms with E-state index in [0.717, 1.165) is 9.80 Å². The van der Waals surface area contributed by atoms with Gasteiger partial charge in [0.15, 0.2) is 0 Å². The lowest BCUT2D eigenvalue weighted by Crippen LogP contribution is -2.36. The first-order valence-corrected chi connectivity index (χ1v) is 10.7. The van der Waals surface area contributed by atoms with Crippen molar-refractivity contribution in [1.82, 2.24) is 0 Å². The molecule has 0 spiro atoms. The van der Waals surface area contributed by atoms with Crippen molar-refractivity contribution in [3.8, 4) is 0 Å². The third kappa shape index (κ3) is 3.53. The molecule has 36 heavy (non-hydrogen) atoms. The molecule has 0 aromatic heterocycles. The molecule has 10 nitrogen and oxygen atoms in total. The molecular weight excluding hydrogens is 464 g/mol. The predicted octanol–water partition coefficient (Wildman–Crippen LogP) is 5.77. The fourth-order valence-corrected chi connectivity index (χ4v) is 4.25.